The van der Waals surface area contributed by atoms with Crippen molar-refractivity contribution in [2.75, 3.05) is 6.54 Å². The first-order chi connectivity index (χ1) is 11.0. The molecule has 1 unspecified atom stereocenters. The molecule has 1 atom stereocenters. The first-order valence-corrected chi connectivity index (χ1v) is 7.76. The van der Waals surface area contributed by atoms with Crippen LogP contribution in [-0.2, 0) is 0 Å². The molecule has 2 rings (SSSR count). The van der Waals surface area contributed by atoms with Crippen molar-refractivity contribution < 1.29 is 14.7 Å². The maximum Gasteiger partial charge on any atom is 0.427 e. The smallest absolute Gasteiger partial charge is 0.427 e. The summed E-state index contributed by atoms with van der Waals surface area (Å²) in [4.78, 5) is 22.5. The van der Waals surface area contributed by atoms with E-state index in [4.69, 9.17) is 5.73 Å². The Bertz CT molecular complexity index is 615. The van der Waals surface area contributed by atoms with Crippen molar-refractivity contribution in [1.82, 2.24) is 10.3 Å². The molecule has 0 fully saturated rings. The molecule has 1 aliphatic carbocycles. The van der Waals surface area contributed by atoms with Crippen LogP contribution in [0.3, 0.4) is 0 Å². The summed E-state index contributed by atoms with van der Waals surface area (Å²) in [6, 6.07) is 6.81. The highest BCUT2D eigenvalue weighted by atomic mass is 16.4. The highest BCUT2D eigenvalue weighted by molar-refractivity contribution is 6.03. The standard InChI is InChI=1S/C16H22N4O3/c1-2-3-10-20(16(22)23)19-14-9-8-13(18-15(17)21)11-6-4-5-7-12(11)14/h4-7,13H,2-3,8-10H2,1H3,(H,22,23)(H3,17,18,21)/b19-14-. The molecule has 3 amide bonds. The molecular formula is C16H22N4O3. The Balaban J connectivity index is 2.31. The number of fused-ring (bicyclic) bond motifs is 1. The fraction of sp³-hybridized carbons (Fsp3) is 0.438. The molecule has 0 spiro atoms. The van der Waals surface area contributed by atoms with E-state index in [2.05, 4.69) is 10.4 Å². The van der Waals surface area contributed by atoms with E-state index in [1.165, 1.54) is 0 Å². The number of amides is 3. The van der Waals surface area contributed by atoms with Gasteiger partial charge in [-0.25, -0.2) is 9.59 Å². The topological polar surface area (TPSA) is 108 Å². The second kappa shape index (κ2) is 7.62. The van der Waals surface area contributed by atoms with E-state index in [0.29, 0.717) is 19.4 Å². The van der Waals surface area contributed by atoms with E-state index >= 15 is 0 Å². The Labute approximate surface area is 135 Å². The monoisotopic (exact) mass is 318 g/mol. The van der Waals surface area contributed by atoms with Gasteiger partial charge in [0.15, 0.2) is 0 Å². The van der Waals surface area contributed by atoms with Crippen LogP contribution >= 0.6 is 0 Å². The van der Waals surface area contributed by atoms with Crippen LogP contribution < -0.4 is 11.1 Å². The minimum atomic E-state index is -1.05. The third-order valence-electron chi connectivity index (χ3n) is 3.82. The van der Waals surface area contributed by atoms with E-state index in [1.807, 2.05) is 31.2 Å². The molecule has 4 N–H and O–H groups in total. The van der Waals surface area contributed by atoms with E-state index < -0.39 is 12.1 Å². The molecule has 0 saturated heterocycles. The van der Waals surface area contributed by atoms with Gasteiger partial charge in [0.05, 0.1) is 11.8 Å². The summed E-state index contributed by atoms with van der Waals surface area (Å²) in [7, 11) is 0. The van der Waals surface area contributed by atoms with Crippen molar-refractivity contribution in [2.45, 2.75) is 38.6 Å². The molecule has 0 heterocycles. The first-order valence-electron chi connectivity index (χ1n) is 7.76. The second-order valence-electron chi connectivity index (χ2n) is 5.49. The van der Waals surface area contributed by atoms with E-state index in [0.717, 1.165) is 34.7 Å². The third kappa shape index (κ3) is 4.21. The highest BCUT2D eigenvalue weighted by Gasteiger charge is 2.26. The van der Waals surface area contributed by atoms with Gasteiger partial charge < -0.3 is 16.2 Å². The van der Waals surface area contributed by atoms with Crippen LogP contribution in [0.1, 0.15) is 49.8 Å². The molecule has 7 nitrogen and oxygen atoms in total. The Kier molecular flexibility index (Phi) is 5.56. The highest BCUT2D eigenvalue weighted by Crippen LogP contribution is 2.30. The third-order valence-corrected chi connectivity index (χ3v) is 3.82. The Hall–Kier alpha value is -2.57. The number of nitrogens with one attached hydrogen (secondary N) is 1. The number of hydrogen-bond acceptors (Lipinski definition) is 3. The fourth-order valence-electron chi connectivity index (χ4n) is 2.70. The number of carbonyl (C=O) groups excluding carboxylic acids is 1. The fourth-order valence-corrected chi connectivity index (χ4v) is 2.70. The summed E-state index contributed by atoms with van der Waals surface area (Å²) in [5.41, 5.74) is 7.72. The van der Waals surface area contributed by atoms with E-state index in [1.54, 1.807) is 0 Å². The van der Waals surface area contributed by atoms with Crippen LogP contribution in [0, 0.1) is 0 Å². The summed E-state index contributed by atoms with van der Waals surface area (Å²) in [6.45, 7) is 2.38. The Morgan fingerprint density at radius 3 is 2.83 bits per heavy atom. The molecule has 124 valence electrons. The van der Waals surface area contributed by atoms with Crippen molar-refractivity contribution in [2.24, 2.45) is 10.8 Å². The van der Waals surface area contributed by atoms with Gasteiger partial charge >= 0.3 is 12.1 Å². The molecule has 0 aromatic heterocycles. The predicted molar refractivity (Wildman–Crippen MR) is 87.3 cm³/mol. The number of primary amides is 1. The first kappa shape index (κ1) is 16.8. The van der Waals surface area contributed by atoms with Gasteiger partial charge in [0.2, 0.25) is 0 Å². The number of unbranched alkanes of at least 4 members (excludes halogenated alkanes) is 1. The molecule has 0 radical (unpaired) electrons. The SMILES string of the molecule is CCCCN(/N=C1/CCC(NC(N)=O)c2ccccc21)C(=O)O. The zero-order chi connectivity index (χ0) is 16.8. The molecule has 7 heteroatoms. The average Bonchev–Trinajstić information content (AvgIpc) is 2.52. The molecule has 0 saturated carbocycles. The van der Waals surface area contributed by atoms with Crippen molar-refractivity contribution in [3.8, 4) is 0 Å². The van der Waals surface area contributed by atoms with Crippen molar-refractivity contribution in [1.29, 1.82) is 0 Å². The van der Waals surface area contributed by atoms with Gasteiger partial charge in [0, 0.05) is 12.1 Å². The second-order valence-corrected chi connectivity index (χ2v) is 5.49. The number of benzene rings is 1. The summed E-state index contributed by atoms with van der Waals surface area (Å²) in [5.74, 6) is 0. The van der Waals surface area contributed by atoms with Gasteiger partial charge in [-0.2, -0.15) is 10.1 Å². The van der Waals surface area contributed by atoms with Gasteiger partial charge in [-0.05, 0) is 24.8 Å². The zero-order valence-electron chi connectivity index (χ0n) is 13.2. The normalized spacial score (nSPS) is 18.3. The summed E-state index contributed by atoms with van der Waals surface area (Å²) in [5, 5.41) is 17.4. The quantitative estimate of drug-likeness (QED) is 0.726. The Morgan fingerprint density at radius 2 is 2.17 bits per heavy atom. The predicted octanol–water partition coefficient (Wildman–Crippen LogP) is 2.67. The van der Waals surface area contributed by atoms with Gasteiger partial charge in [0.25, 0.3) is 0 Å². The lowest BCUT2D eigenvalue weighted by molar-refractivity contribution is 0.146. The minimum absolute atomic E-state index is 0.170. The van der Waals surface area contributed by atoms with E-state index in [9.17, 15) is 14.7 Å². The van der Waals surface area contributed by atoms with Gasteiger partial charge in [-0.1, -0.05) is 37.6 Å². The number of hydrazone groups is 1. The number of carboxylic acid groups (broad SMARTS) is 1. The lowest BCUT2D eigenvalue weighted by Crippen LogP contribution is -2.36. The number of rotatable bonds is 5. The number of hydrogen-bond donors (Lipinski definition) is 3. The zero-order valence-corrected chi connectivity index (χ0v) is 13.2. The van der Waals surface area contributed by atoms with Crippen LogP contribution in [-0.4, -0.2) is 34.5 Å². The largest absolute Gasteiger partial charge is 0.464 e. The molecule has 1 aromatic carbocycles. The summed E-state index contributed by atoms with van der Waals surface area (Å²) >= 11 is 0. The molecule has 23 heavy (non-hydrogen) atoms. The molecule has 1 aromatic rings. The van der Waals surface area contributed by atoms with Crippen LogP contribution in [0.2, 0.25) is 0 Å². The summed E-state index contributed by atoms with van der Waals surface area (Å²) in [6.07, 6.45) is 1.82. The van der Waals surface area contributed by atoms with Crippen LogP contribution in [0.4, 0.5) is 9.59 Å². The maximum atomic E-state index is 11.3. The van der Waals surface area contributed by atoms with Crippen LogP contribution in [0.15, 0.2) is 29.4 Å². The maximum absolute atomic E-state index is 11.3. The Morgan fingerprint density at radius 1 is 1.43 bits per heavy atom. The number of nitrogens with two attached hydrogens (primary N) is 1. The average molecular weight is 318 g/mol. The number of urea groups is 1. The minimum Gasteiger partial charge on any atom is -0.464 e. The van der Waals surface area contributed by atoms with Crippen LogP contribution in [0.5, 0.6) is 0 Å². The van der Waals surface area contributed by atoms with E-state index in [-0.39, 0.29) is 6.04 Å². The van der Waals surface area contributed by atoms with Gasteiger partial charge in [0.1, 0.15) is 0 Å². The number of carbonyl (C=O) groups is 2. The summed E-state index contributed by atoms with van der Waals surface area (Å²) < 4.78 is 0. The van der Waals surface area contributed by atoms with Crippen molar-refractivity contribution >= 4 is 17.8 Å². The van der Waals surface area contributed by atoms with Crippen molar-refractivity contribution in [3.63, 3.8) is 0 Å². The number of nitrogens with zero attached hydrogens (tertiary/aromatic N) is 2. The molecular weight excluding hydrogens is 296 g/mol. The molecule has 1 aliphatic rings. The molecule has 0 bridgehead atoms. The van der Waals surface area contributed by atoms with Gasteiger partial charge in [-0.3, -0.25) is 0 Å². The lowest BCUT2D eigenvalue weighted by atomic mass is 9.86. The van der Waals surface area contributed by atoms with Crippen LogP contribution in [0.25, 0.3) is 0 Å². The lowest BCUT2D eigenvalue weighted by Gasteiger charge is -2.27. The van der Waals surface area contributed by atoms with Crippen molar-refractivity contribution in [3.05, 3.63) is 35.4 Å². The van der Waals surface area contributed by atoms with Gasteiger partial charge in [-0.15, -0.1) is 0 Å². The molecule has 0 aliphatic heterocycles.